The molecule has 0 amide bonds. The lowest BCUT2D eigenvalue weighted by Crippen LogP contribution is -2.17. The van der Waals surface area contributed by atoms with Gasteiger partial charge in [-0.05, 0) is 64.6 Å². The predicted octanol–water partition coefficient (Wildman–Crippen LogP) is 4.62. The number of ether oxygens (including phenoxy) is 1. The topological polar surface area (TPSA) is 26.3 Å². The summed E-state index contributed by atoms with van der Waals surface area (Å²) in [5.41, 5.74) is 1.21. The van der Waals surface area contributed by atoms with Crippen LogP contribution in [0, 0.1) is 3.57 Å². The average molecular weight is 406 g/mol. The summed E-state index contributed by atoms with van der Waals surface area (Å²) in [6.07, 6.45) is -4.52. The monoisotopic (exact) mass is 406 g/mol. The second-order valence-corrected chi connectivity index (χ2v) is 5.54. The number of ketones is 1. The van der Waals surface area contributed by atoms with Gasteiger partial charge in [-0.15, -0.1) is 13.2 Å². The number of benzene rings is 2. The van der Waals surface area contributed by atoms with Gasteiger partial charge in [0.2, 0.25) is 0 Å². The van der Waals surface area contributed by atoms with Crippen molar-refractivity contribution >= 4 is 28.4 Å². The Balaban J connectivity index is 2.04. The molecule has 0 saturated heterocycles. The van der Waals surface area contributed by atoms with E-state index in [1.54, 1.807) is 0 Å². The number of Topliss-reactive ketones (excluding diaryl/α,β-unsaturated/α-hetero) is 1. The Bertz CT molecular complexity index is 619. The molecule has 0 aliphatic heterocycles. The largest absolute Gasteiger partial charge is 0.573 e. The number of alkyl halides is 3. The first-order valence-corrected chi connectivity index (χ1v) is 7.05. The number of rotatable bonds is 4. The van der Waals surface area contributed by atoms with Crippen LogP contribution in [0.2, 0.25) is 0 Å². The van der Waals surface area contributed by atoms with Crippen molar-refractivity contribution in [3.05, 3.63) is 63.2 Å². The molecule has 0 heterocycles. The van der Waals surface area contributed by atoms with Crippen molar-refractivity contribution in [3.8, 4) is 5.75 Å². The summed E-state index contributed by atoms with van der Waals surface area (Å²) in [5.74, 6) is -0.497. The molecule has 0 aromatic heterocycles. The fraction of sp³-hybridized carbons (Fsp3) is 0.133. The molecule has 0 spiro atoms. The first-order chi connectivity index (χ1) is 9.83. The second kappa shape index (κ2) is 6.46. The van der Waals surface area contributed by atoms with Crippen molar-refractivity contribution in [2.75, 3.05) is 0 Å². The minimum atomic E-state index is -4.73. The van der Waals surface area contributed by atoms with Crippen molar-refractivity contribution in [2.24, 2.45) is 0 Å². The van der Waals surface area contributed by atoms with Gasteiger partial charge in [-0.1, -0.05) is 12.1 Å². The van der Waals surface area contributed by atoms with E-state index >= 15 is 0 Å². The zero-order valence-corrected chi connectivity index (χ0v) is 12.8. The number of hydrogen-bond acceptors (Lipinski definition) is 2. The van der Waals surface area contributed by atoms with E-state index in [2.05, 4.69) is 27.3 Å². The second-order valence-electron chi connectivity index (χ2n) is 4.30. The van der Waals surface area contributed by atoms with Crippen molar-refractivity contribution in [2.45, 2.75) is 12.8 Å². The summed E-state index contributed by atoms with van der Waals surface area (Å²) in [5, 5.41) is 0. The minimum Gasteiger partial charge on any atom is -0.406 e. The maximum Gasteiger partial charge on any atom is 0.573 e. The molecule has 2 nitrogen and oxygen atoms in total. The molecular weight excluding hydrogens is 396 g/mol. The maximum atomic E-state index is 12.0. The van der Waals surface area contributed by atoms with Crippen LogP contribution >= 0.6 is 22.6 Å². The highest BCUT2D eigenvalue weighted by molar-refractivity contribution is 14.1. The molecule has 0 aliphatic carbocycles. The van der Waals surface area contributed by atoms with Crippen LogP contribution in [0.1, 0.15) is 15.9 Å². The third-order valence-electron chi connectivity index (χ3n) is 2.69. The van der Waals surface area contributed by atoms with Crippen LogP contribution in [0.5, 0.6) is 5.75 Å². The van der Waals surface area contributed by atoms with Crippen LogP contribution in [-0.4, -0.2) is 12.1 Å². The molecular formula is C15H10F3IO2. The Kier molecular flexibility index (Phi) is 4.87. The lowest BCUT2D eigenvalue weighted by atomic mass is 10.0. The summed E-state index contributed by atoms with van der Waals surface area (Å²) >= 11 is 2.17. The molecule has 0 bridgehead atoms. The molecule has 0 radical (unpaired) electrons. The van der Waals surface area contributed by atoms with Crippen LogP contribution in [0.25, 0.3) is 0 Å². The van der Waals surface area contributed by atoms with Gasteiger partial charge in [0.25, 0.3) is 0 Å². The van der Waals surface area contributed by atoms with E-state index < -0.39 is 6.36 Å². The molecule has 2 rings (SSSR count). The fourth-order valence-corrected chi connectivity index (χ4v) is 2.09. The van der Waals surface area contributed by atoms with Gasteiger partial charge in [-0.3, -0.25) is 4.79 Å². The lowest BCUT2D eigenvalue weighted by molar-refractivity contribution is -0.274. The van der Waals surface area contributed by atoms with E-state index in [0.717, 1.165) is 21.3 Å². The Hall–Kier alpha value is -1.57. The standard InChI is InChI=1S/C15H10F3IO2/c16-15(17,18)21-13-7-3-11(4-8-13)14(20)9-10-1-5-12(19)6-2-10/h1-8H,9H2. The first kappa shape index (κ1) is 15.8. The van der Waals surface area contributed by atoms with E-state index in [1.165, 1.54) is 12.1 Å². The summed E-state index contributed by atoms with van der Waals surface area (Å²) in [7, 11) is 0. The molecule has 2 aromatic carbocycles. The number of hydrogen-bond donors (Lipinski definition) is 0. The highest BCUT2D eigenvalue weighted by Crippen LogP contribution is 2.23. The normalized spacial score (nSPS) is 11.2. The van der Waals surface area contributed by atoms with Crippen molar-refractivity contribution in [1.82, 2.24) is 0 Å². The van der Waals surface area contributed by atoms with E-state index in [1.807, 2.05) is 24.3 Å². The van der Waals surface area contributed by atoms with Crippen LogP contribution < -0.4 is 4.74 Å². The highest BCUT2D eigenvalue weighted by Gasteiger charge is 2.31. The third kappa shape index (κ3) is 5.04. The van der Waals surface area contributed by atoms with E-state index in [0.29, 0.717) is 5.56 Å². The van der Waals surface area contributed by atoms with Gasteiger partial charge in [0.05, 0.1) is 0 Å². The zero-order chi connectivity index (χ0) is 15.5. The van der Waals surface area contributed by atoms with Crippen LogP contribution in [0.3, 0.4) is 0 Å². The molecule has 110 valence electrons. The summed E-state index contributed by atoms with van der Waals surface area (Å²) in [6, 6.07) is 12.4. The quantitative estimate of drug-likeness (QED) is 0.548. The smallest absolute Gasteiger partial charge is 0.406 e. The Morgan fingerprint density at radius 1 is 1.00 bits per heavy atom. The van der Waals surface area contributed by atoms with Gasteiger partial charge in [0, 0.05) is 15.6 Å². The van der Waals surface area contributed by atoms with Crippen molar-refractivity contribution < 1.29 is 22.7 Å². The molecule has 0 aliphatic rings. The van der Waals surface area contributed by atoms with Crippen molar-refractivity contribution in [1.29, 1.82) is 0 Å². The fourth-order valence-electron chi connectivity index (χ4n) is 1.73. The van der Waals surface area contributed by atoms with Gasteiger partial charge in [0.1, 0.15) is 5.75 Å². The van der Waals surface area contributed by atoms with Crippen molar-refractivity contribution in [3.63, 3.8) is 0 Å². The van der Waals surface area contributed by atoms with E-state index in [9.17, 15) is 18.0 Å². The third-order valence-corrected chi connectivity index (χ3v) is 3.41. The van der Waals surface area contributed by atoms with Gasteiger partial charge < -0.3 is 4.74 Å². The molecule has 0 atom stereocenters. The first-order valence-electron chi connectivity index (χ1n) is 5.97. The number of halogens is 4. The molecule has 0 unspecified atom stereocenters. The highest BCUT2D eigenvalue weighted by atomic mass is 127. The Morgan fingerprint density at radius 2 is 1.57 bits per heavy atom. The zero-order valence-electron chi connectivity index (χ0n) is 10.7. The average Bonchev–Trinajstić information content (AvgIpc) is 2.40. The van der Waals surface area contributed by atoms with Crippen LogP contribution in [0.15, 0.2) is 48.5 Å². The number of carbonyl (C=O) groups excluding carboxylic acids is 1. The van der Waals surface area contributed by atoms with Gasteiger partial charge >= 0.3 is 6.36 Å². The number of carbonyl (C=O) groups is 1. The van der Waals surface area contributed by atoms with Gasteiger partial charge in [-0.2, -0.15) is 0 Å². The maximum absolute atomic E-state index is 12.0. The molecule has 0 N–H and O–H groups in total. The molecule has 0 fully saturated rings. The summed E-state index contributed by atoms with van der Waals surface area (Å²) in [4.78, 5) is 12.0. The van der Waals surface area contributed by atoms with Crippen LogP contribution in [0.4, 0.5) is 13.2 Å². The van der Waals surface area contributed by atoms with E-state index in [-0.39, 0.29) is 18.0 Å². The summed E-state index contributed by atoms with van der Waals surface area (Å²) < 4.78 is 40.9. The Labute approximate surface area is 133 Å². The summed E-state index contributed by atoms with van der Waals surface area (Å²) in [6.45, 7) is 0. The molecule has 6 heteroatoms. The van der Waals surface area contributed by atoms with E-state index in [4.69, 9.17) is 0 Å². The predicted molar refractivity (Wildman–Crippen MR) is 80.3 cm³/mol. The Morgan fingerprint density at radius 3 is 2.10 bits per heavy atom. The molecule has 2 aromatic rings. The lowest BCUT2D eigenvalue weighted by Gasteiger charge is -2.09. The molecule has 0 saturated carbocycles. The SMILES string of the molecule is O=C(Cc1ccc(I)cc1)c1ccc(OC(F)(F)F)cc1. The molecule has 21 heavy (non-hydrogen) atoms. The minimum absolute atomic E-state index is 0.158. The van der Waals surface area contributed by atoms with Gasteiger partial charge in [0.15, 0.2) is 5.78 Å². The van der Waals surface area contributed by atoms with Crippen LogP contribution in [-0.2, 0) is 6.42 Å². The van der Waals surface area contributed by atoms with Gasteiger partial charge in [-0.25, -0.2) is 0 Å².